The highest BCUT2D eigenvalue weighted by molar-refractivity contribution is 6.30. The highest BCUT2D eigenvalue weighted by Gasteiger charge is 2.13. The summed E-state index contributed by atoms with van der Waals surface area (Å²) in [5.74, 6) is 0.770. The number of hydrogen-bond acceptors (Lipinski definition) is 4. The summed E-state index contributed by atoms with van der Waals surface area (Å²) in [5, 5.41) is -0.00381. The van der Waals surface area contributed by atoms with Crippen molar-refractivity contribution in [2.75, 3.05) is 0 Å². The van der Waals surface area contributed by atoms with Crippen LogP contribution in [0.5, 0.6) is 11.6 Å². The molecule has 0 atom stereocenters. The zero-order valence-corrected chi connectivity index (χ0v) is 13.3. The van der Waals surface area contributed by atoms with Crippen molar-refractivity contribution in [1.29, 1.82) is 0 Å². The Balaban J connectivity index is 2.01. The molecule has 3 aromatic rings. The van der Waals surface area contributed by atoms with Crippen molar-refractivity contribution in [2.24, 2.45) is 0 Å². The number of aromatic nitrogens is 3. The molecule has 23 heavy (non-hydrogen) atoms. The van der Waals surface area contributed by atoms with E-state index in [1.54, 1.807) is 6.20 Å². The van der Waals surface area contributed by atoms with Gasteiger partial charge in [-0.2, -0.15) is 4.98 Å². The molecule has 2 heterocycles. The SMILES string of the molecule is Cc1nc(-c2ccccn2)nc(Oc2ccc(F)c(Cl)c2)c1C. The first-order chi connectivity index (χ1) is 11.0. The van der Waals surface area contributed by atoms with Crippen molar-refractivity contribution in [2.45, 2.75) is 13.8 Å². The molecule has 6 heteroatoms. The lowest BCUT2D eigenvalue weighted by Gasteiger charge is -2.11. The fourth-order valence-corrected chi connectivity index (χ4v) is 2.13. The maximum Gasteiger partial charge on any atom is 0.226 e. The van der Waals surface area contributed by atoms with Gasteiger partial charge in [0.2, 0.25) is 5.88 Å². The molecule has 0 radical (unpaired) electrons. The minimum absolute atomic E-state index is 0.00381. The molecule has 0 aliphatic rings. The van der Waals surface area contributed by atoms with Crippen LogP contribution in [0.4, 0.5) is 4.39 Å². The highest BCUT2D eigenvalue weighted by Crippen LogP contribution is 2.29. The molecule has 0 saturated carbocycles. The van der Waals surface area contributed by atoms with Gasteiger partial charge in [0.1, 0.15) is 17.3 Å². The molecule has 0 aliphatic heterocycles. The van der Waals surface area contributed by atoms with Gasteiger partial charge in [0, 0.05) is 23.5 Å². The first-order valence-electron chi connectivity index (χ1n) is 6.94. The summed E-state index contributed by atoms with van der Waals surface area (Å²) in [6.45, 7) is 3.73. The molecular weight excluding hydrogens is 317 g/mol. The zero-order valence-electron chi connectivity index (χ0n) is 12.5. The first kappa shape index (κ1) is 15.4. The molecule has 0 aliphatic carbocycles. The van der Waals surface area contributed by atoms with Gasteiger partial charge < -0.3 is 4.74 Å². The second kappa shape index (κ2) is 6.30. The number of aryl methyl sites for hydroxylation is 1. The van der Waals surface area contributed by atoms with Crippen LogP contribution in [0.3, 0.4) is 0 Å². The minimum atomic E-state index is -0.496. The van der Waals surface area contributed by atoms with E-state index in [9.17, 15) is 4.39 Å². The fraction of sp³-hybridized carbons (Fsp3) is 0.118. The minimum Gasteiger partial charge on any atom is -0.439 e. The average Bonchev–Trinajstić information content (AvgIpc) is 2.56. The van der Waals surface area contributed by atoms with Gasteiger partial charge in [-0.25, -0.2) is 9.37 Å². The lowest BCUT2D eigenvalue weighted by Crippen LogP contribution is -2.01. The van der Waals surface area contributed by atoms with Crippen LogP contribution >= 0.6 is 11.6 Å². The molecule has 0 fully saturated rings. The van der Waals surface area contributed by atoms with Crippen molar-refractivity contribution in [1.82, 2.24) is 15.0 Å². The smallest absolute Gasteiger partial charge is 0.226 e. The quantitative estimate of drug-likeness (QED) is 0.696. The van der Waals surface area contributed by atoms with Crippen molar-refractivity contribution < 1.29 is 9.13 Å². The second-order valence-electron chi connectivity index (χ2n) is 4.96. The van der Waals surface area contributed by atoms with E-state index in [4.69, 9.17) is 16.3 Å². The van der Waals surface area contributed by atoms with Gasteiger partial charge in [-0.1, -0.05) is 17.7 Å². The first-order valence-corrected chi connectivity index (χ1v) is 7.32. The van der Waals surface area contributed by atoms with Gasteiger partial charge in [-0.15, -0.1) is 0 Å². The van der Waals surface area contributed by atoms with Gasteiger partial charge in [0.15, 0.2) is 5.82 Å². The Morgan fingerprint density at radius 1 is 1.09 bits per heavy atom. The number of pyridine rings is 1. The normalized spacial score (nSPS) is 10.6. The Kier molecular flexibility index (Phi) is 4.21. The molecule has 0 N–H and O–H groups in total. The van der Waals surface area contributed by atoms with Crippen molar-refractivity contribution >= 4 is 11.6 Å². The third-order valence-electron chi connectivity index (χ3n) is 3.34. The van der Waals surface area contributed by atoms with Crippen LogP contribution in [0.2, 0.25) is 5.02 Å². The van der Waals surface area contributed by atoms with Gasteiger partial charge >= 0.3 is 0 Å². The molecule has 0 bridgehead atoms. The predicted molar refractivity (Wildman–Crippen MR) is 86.2 cm³/mol. The van der Waals surface area contributed by atoms with E-state index in [1.165, 1.54) is 18.2 Å². The third-order valence-corrected chi connectivity index (χ3v) is 3.63. The molecule has 0 unspecified atom stereocenters. The van der Waals surface area contributed by atoms with E-state index < -0.39 is 5.82 Å². The van der Waals surface area contributed by atoms with Crippen LogP contribution in [-0.4, -0.2) is 15.0 Å². The highest BCUT2D eigenvalue weighted by atomic mass is 35.5. The second-order valence-corrected chi connectivity index (χ2v) is 5.36. The molecule has 116 valence electrons. The number of hydrogen-bond donors (Lipinski definition) is 0. The maximum absolute atomic E-state index is 13.2. The number of ether oxygens (including phenoxy) is 1. The van der Waals surface area contributed by atoms with Crippen LogP contribution in [0.1, 0.15) is 11.3 Å². The van der Waals surface area contributed by atoms with Crippen molar-refractivity contribution in [3.63, 3.8) is 0 Å². The van der Waals surface area contributed by atoms with Crippen LogP contribution in [0.15, 0.2) is 42.6 Å². The Bertz CT molecular complexity index is 856. The van der Waals surface area contributed by atoms with E-state index in [-0.39, 0.29) is 5.02 Å². The summed E-state index contributed by atoms with van der Waals surface area (Å²) in [7, 11) is 0. The maximum atomic E-state index is 13.2. The molecule has 0 spiro atoms. The fourth-order valence-electron chi connectivity index (χ4n) is 1.96. The van der Waals surface area contributed by atoms with Crippen LogP contribution < -0.4 is 4.74 Å². The Labute approximate surface area is 138 Å². The van der Waals surface area contributed by atoms with Crippen LogP contribution in [-0.2, 0) is 0 Å². The number of benzene rings is 1. The molecule has 0 amide bonds. The summed E-state index contributed by atoms with van der Waals surface area (Å²) in [4.78, 5) is 13.1. The van der Waals surface area contributed by atoms with Crippen LogP contribution in [0.25, 0.3) is 11.5 Å². The molecule has 2 aromatic heterocycles. The van der Waals surface area contributed by atoms with Crippen LogP contribution in [0, 0.1) is 19.7 Å². The molecular formula is C17H13ClFN3O. The Morgan fingerprint density at radius 3 is 2.61 bits per heavy atom. The third kappa shape index (κ3) is 3.29. The molecule has 4 nitrogen and oxygen atoms in total. The van der Waals surface area contributed by atoms with Crippen molar-refractivity contribution in [3.05, 3.63) is 64.7 Å². The lowest BCUT2D eigenvalue weighted by atomic mass is 10.2. The van der Waals surface area contributed by atoms with E-state index in [1.807, 2.05) is 32.0 Å². The molecule has 1 aromatic carbocycles. The summed E-state index contributed by atoms with van der Waals surface area (Å²) in [6, 6.07) is 9.67. The van der Waals surface area contributed by atoms with E-state index in [2.05, 4.69) is 15.0 Å². The van der Waals surface area contributed by atoms with E-state index in [0.717, 1.165) is 11.3 Å². The summed E-state index contributed by atoms with van der Waals surface area (Å²) >= 11 is 5.78. The lowest BCUT2D eigenvalue weighted by molar-refractivity contribution is 0.455. The largest absolute Gasteiger partial charge is 0.439 e. The number of halogens is 2. The standard InChI is InChI=1S/C17H13ClFN3O/c1-10-11(2)21-16(15-5-3-4-8-20-15)22-17(10)23-12-6-7-14(19)13(18)9-12/h3-9H,1-2H3. The zero-order chi connectivity index (χ0) is 16.4. The molecule has 3 rings (SSSR count). The summed E-state index contributed by atoms with van der Waals surface area (Å²) in [6.07, 6.45) is 1.67. The number of nitrogens with zero attached hydrogens (tertiary/aromatic N) is 3. The topological polar surface area (TPSA) is 47.9 Å². The van der Waals surface area contributed by atoms with Gasteiger partial charge in [0.05, 0.1) is 5.02 Å². The Hall–Kier alpha value is -2.53. The van der Waals surface area contributed by atoms with Gasteiger partial charge in [0.25, 0.3) is 0 Å². The summed E-state index contributed by atoms with van der Waals surface area (Å²) < 4.78 is 19.0. The van der Waals surface area contributed by atoms with E-state index in [0.29, 0.717) is 23.1 Å². The molecule has 0 saturated heterocycles. The van der Waals surface area contributed by atoms with Gasteiger partial charge in [-0.3, -0.25) is 4.98 Å². The predicted octanol–water partition coefficient (Wildman–Crippen LogP) is 4.74. The monoisotopic (exact) mass is 329 g/mol. The average molecular weight is 330 g/mol. The Morgan fingerprint density at radius 2 is 1.91 bits per heavy atom. The van der Waals surface area contributed by atoms with E-state index >= 15 is 0 Å². The number of rotatable bonds is 3. The summed E-state index contributed by atoms with van der Waals surface area (Å²) in [5.41, 5.74) is 2.23. The van der Waals surface area contributed by atoms with Crippen molar-refractivity contribution in [3.8, 4) is 23.1 Å². The van der Waals surface area contributed by atoms with Gasteiger partial charge in [-0.05, 0) is 38.1 Å².